The molecular weight excluding hydrogens is 350 g/mol. The number of carbonyl (C=O) groups is 3. The van der Waals surface area contributed by atoms with Gasteiger partial charge in [-0.2, -0.15) is 0 Å². The fraction of sp³-hybridized carbons (Fsp3) is 0.421. The molecule has 3 N–H and O–H groups in total. The number of amides is 2. The highest BCUT2D eigenvalue weighted by molar-refractivity contribution is 6.39. The van der Waals surface area contributed by atoms with Crippen LogP contribution in [0.3, 0.4) is 0 Å². The normalized spacial score (nSPS) is 19.7. The first-order chi connectivity index (χ1) is 12.9. The second-order valence-electron chi connectivity index (χ2n) is 7.01. The Morgan fingerprint density at radius 3 is 2.81 bits per heavy atom. The minimum atomic E-state index is -0.775. The number of ether oxygens (including phenoxy) is 1. The summed E-state index contributed by atoms with van der Waals surface area (Å²) in [4.78, 5) is 41.4. The van der Waals surface area contributed by atoms with Gasteiger partial charge < -0.3 is 25.0 Å². The minimum absolute atomic E-state index is 0.0122. The first kappa shape index (κ1) is 18.9. The van der Waals surface area contributed by atoms with Crippen LogP contribution in [0.4, 0.5) is 5.69 Å². The molecule has 2 atom stereocenters. The molecule has 1 aromatic carbocycles. The van der Waals surface area contributed by atoms with E-state index in [2.05, 4.69) is 10.3 Å². The fourth-order valence-corrected chi connectivity index (χ4v) is 3.62. The number of anilines is 1. The molecule has 2 heterocycles. The standard InChI is InChI=1S/C19H23N3O5/c1-11-5-12(10-23)9-22(8-11)18(25)17(24)21-13-6-15(19(26)27-2)14-3-4-20-16(14)7-13/h3-4,6-7,11-12,20,23H,5,8-10H2,1-2H3,(H,21,24). The summed E-state index contributed by atoms with van der Waals surface area (Å²) in [7, 11) is 1.28. The van der Waals surface area contributed by atoms with E-state index in [-0.39, 0.29) is 18.4 Å². The van der Waals surface area contributed by atoms with Gasteiger partial charge in [-0.3, -0.25) is 9.59 Å². The van der Waals surface area contributed by atoms with Crippen molar-refractivity contribution >= 4 is 34.4 Å². The zero-order valence-electron chi connectivity index (χ0n) is 15.3. The molecule has 0 bridgehead atoms. The van der Waals surface area contributed by atoms with Crippen molar-refractivity contribution in [3.8, 4) is 0 Å². The Balaban J connectivity index is 1.79. The molecule has 1 aromatic heterocycles. The zero-order chi connectivity index (χ0) is 19.6. The first-order valence-corrected chi connectivity index (χ1v) is 8.83. The number of nitrogens with one attached hydrogen (secondary N) is 2. The Labute approximate surface area is 156 Å². The van der Waals surface area contributed by atoms with Gasteiger partial charge in [-0.25, -0.2) is 4.79 Å². The monoisotopic (exact) mass is 373 g/mol. The lowest BCUT2D eigenvalue weighted by molar-refractivity contribution is -0.145. The Hall–Kier alpha value is -2.87. The summed E-state index contributed by atoms with van der Waals surface area (Å²) in [6.07, 6.45) is 2.51. The lowest BCUT2D eigenvalue weighted by Gasteiger charge is -2.35. The maximum Gasteiger partial charge on any atom is 0.338 e. The average molecular weight is 373 g/mol. The largest absolute Gasteiger partial charge is 0.465 e. The first-order valence-electron chi connectivity index (χ1n) is 8.83. The quantitative estimate of drug-likeness (QED) is 0.556. The van der Waals surface area contributed by atoms with Gasteiger partial charge in [0.2, 0.25) is 0 Å². The van der Waals surface area contributed by atoms with Crippen molar-refractivity contribution in [3.63, 3.8) is 0 Å². The van der Waals surface area contributed by atoms with Crippen LogP contribution in [0.5, 0.6) is 0 Å². The molecule has 2 amide bonds. The number of piperidine rings is 1. The van der Waals surface area contributed by atoms with Crippen molar-refractivity contribution in [2.75, 3.05) is 32.1 Å². The number of aliphatic hydroxyl groups is 1. The van der Waals surface area contributed by atoms with Crippen LogP contribution in [0.1, 0.15) is 23.7 Å². The Bertz CT molecular complexity index is 875. The number of carbonyl (C=O) groups excluding carboxylic acids is 3. The van der Waals surface area contributed by atoms with Crippen molar-refractivity contribution in [2.45, 2.75) is 13.3 Å². The summed E-state index contributed by atoms with van der Waals surface area (Å²) in [6, 6.07) is 4.88. The molecule has 144 valence electrons. The fourth-order valence-electron chi connectivity index (χ4n) is 3.62. The number of nitrogens with zero attached hydrogens (tertiary/aromatic N) is 1. The smallest absolute Gasteiger partial charge is 0.338 e. The van der Waals surface area contributed by atoms with Gasteiger partial charge in [-0.05, 0) is 36.5 Å². The molecule has 2 aromatic rings. The topological polar surface area (TPSA) is 112 Å². The van der Waals surface area contributed by atoms with Crippen LogP contribution in [-0.2, 0) is 14.3 Å². The van der Waals surface area contributed by atoms with Gasteiger partial charge in [0.05, 0.1) is 12.7 Å². The van der Waals surface area contributed by atoms with E-state index < -0.39 is 17.8 Å². The molecule has 8 heteroatoms. The third kappa shape index (κ3) is 3.95. The number of hydrogen-bond acceptors (Lipinski definition) is 5. The van der Waals surface area contributed by atoms with Crippen molar-refractivity contribution in [1.82, 2.24) is 9.88 Å². The van der Waals surface area contributed by atoms with E-state index in [0.717, 1.165) is 6.42 Å². The average Bonchev–Trinajstić information content (AvgIpc) is 3.13. The van der Waals surface area contributed by atoms with Gasteiger partial charge in [0.15, 0.2) is 0 Å². The third-order valence-corrected chi connectivity index (χ3v) is 4.82. The van der Waals surface area contributed by atoms with Gasteiger partial charge in [-0.1, -0.05) is 6.92 Å². The minimum Gasteiger partial charge on any atom is -0.465 e. The van der Waals surface area contributed by atoms with E-state index in [0.29, 0.717) is 35.2 Å². The number of H-pyrrole nitrogens is 1. The Morgan fingerprint density at radius 2 is 2.11 bits per heavy atom. The van der Waals surface area contributed by atoms with Crippen LogP contribution in [0.25, 0.3) is 10.9 Å². The zero-order valence-corrected chi connectivity index (χ0v) is 15.3. The Morgan fingerprint density at radius 1 is 1.33 bits per heavy atom. The SMILES string of the molecule is COC(=O)c1cc(NC(=O)C(=O)N2CC(C)CC(CO)C2)cc2[nH]ccc12. The van der Waals surface area contributed by atoms with Crippen LogP contribution in [-0.4, -0.2) is 59.6 Å². The molecule has 0 saturated carbocycles. The van der Waals surface area contributed by atoms with Gasteiger partial charge in [0.1, 0.15) is 0 Å². The van der Waals surface area contributed by atoms with Gasteiger partial charge in [-0.15, -0.1) is 0 Å². The summed E-state index contributed by atoms with van der Waals surface area (Å²) in [6.45, 7) is 2.81. The van der Waals surface area contributed by atoms with Crippen molar-refractivity contribution in [2.24, 2.45) is 11.8 Å². The maximum absolute atomic E-state index is 12.5. The molecule has 27 heavy (non-hydrogen) atoms. The molecule has 1 aliphatic heterocycles. The van der Waals surface area contributed by atoms with E-state index in [1.165, 1.54) is 18.1 Å². The summed E-state index contributed by atoms with van der Waals surface area (Å²) in [5.74, 6) is -1.76. The molecule has 1 fully saturated rings. The predicted molar refractivity (Wildman–Crippen MR) is 99.2 cm³/mol. The van der Waals surface area contributed by atoms with Gasteiger partial charge in [0.25, 0.3) is 0 Å². The predicted octanol–water partition coefficient (Wildman–Crippen LogP) is 1.37. The Kier molecular flexibility index (Phi) is 5.46. The van der Waals surface area contributed by atoms with Crippen LogP contribution in [0.2, 0.25) is 0 Å². The molecule has 0 radical (unpaired) electrons. The summed E-state index contributed by atoms with van der Waals surface area (Å²) in [5.41, 5.74) is 1.27. The van der Waals surface area contributed by atoms with E-state index in [1.54, 1.807) is 18.3 Å². The van der Waals surface area contributed by atoms with Crippen LogP contribution in [0.15, 0.2) is 24.4 Å². The van der Waals surface area contributed by atoms with Crippen LogP contribution < -0.4 is 5.32 Å². The number of aromatic amines is 1. The summed E-state index contributed by atoms with van der Waals surface area (Å²) < 4.78 is 4.79. The molecule has 0 spiro atoms. The number of aliphatic hydroxyl groups excluding tert-OH is 1. The molecule has 8 nitrogen and oxygen atoms in total. The summed E-state index contributed by atoms with van der Waals surface area (Å²) in [5, 5.41) is 12.6. The molecule has 1 aliphatic rings. The summed E-state index contributed by atoms with van der Waals surface area (Å²) >= 11 is 0. The second kappa shape index (κ2) is 7.79. The third-order valence-electron chi connectivity index (χ3n) is 4.82. The van der Waals surface area contributed by atoms with Crippen molar-refractivity contribution < 1.29 is 24.2 Å². The van der Waals surface area contributed by atoms with Gasteiger partial charge >= 0.3 is 17.8 Å². The molecule has 1 saturated heterocycles. The van der Waals surface area contributed by atoms with Gasteiger partial charge in [0, 0.05) is 42.5 Å². The van der Waals surface area contributed by atoms with Crippen molar-refractivity contribution in [1.29, 1.82) is 0 Å². The highest BCUT2D eigenvalue weighted by Gasteiger charge is 2.31. The number of esters is 1. The molecular formula is C19H23N3O5. The lowest BCUT2D eigenvalue weighted by atomic mass is 9.91. The number of likely N-dealkylation sites (tertiary alicyclic amines) is 1. The number of rotatable bonds is 3. The maximum atomic E-state index is 12.5. The number of methoxy groups -OCH3 is 1. The van der Waals surface area contributed by atoms with Crippen LogP contribution >= 0.6 is 0 Å². The molecule has 0 aliphatic carbocycles. The molecule has 3 rings (SSSR count). The van der Waals surface area contributed by atoms with Crippen LogP contribution in [0, 0.1) is 11.8 Å². The second-order valence-corrected chi connectivity index (χ2v) is 7.01. The highest BCUT2D eigenvalue weighted by Crippen LogP contribution is 2.25. The lowest BCUT2D eigenvalue weighted by Crippen LogP contribution is -2.48. The number of hydrogen-bond donors (Lipinski definition) is 3. The molecule has 2 unspecified atom stereocenters. The number of benzene rings is 1. The van der Waals surface area contributed by atoms with E-state index in [1.807, 2.05) is 6.92 Å². The number of fused-ring (bicyclic) bond motifs is 1. The van der Waals surface area contributed by atoms with E-state index >= 15 is 0 Å². The van der Waals surface area contributed by atoms with Crippen molar-refractivity contribution in [3.05, 3.63) is 30.0 Å². The van der Waals surface area contributed by atoms with E-state index in [4.69, 9.17) is 4.74 Å². The number of aromatic nitrogens is 1. The highest BCUT2D eigenvalue weighted by atomic mass is 16.5. The van der Waals surface area contributed by atoms with E-state index in [9.17, 15) is 19.5 Å².